The Kier molecular flexibility index (Phi) is 7.84. The van der Waals surface area contributed by atoms with Gasteiger partial charge in [-0.1, -0.05) is 12.1 Å². The zero-order chi connectivity index (χ0) is 23.1. The molecule has 0 saturated carbocycles. The van der Waals surface area contributed by atoms with Gasteiger partial charge in [0, 0.05) is 20.2 Å². The number of rotatable bonds is 10. The SMILES string of the molecule is COCCN(Cc1ccc(OC)c(OS(=O)(=O)c2ccc(F)cc2)c1)C(=O)c1cccs1. The Morgan fingerprint density at radius 3 is 2.44 bits per heavy atom. The summed E-state index contributed by atoms with van der Waals surface area (Å²) in [6.07, 6.45) is 0. The molecule has 170 valence electrons. The first-order chi connectivity index (χ1) is 15.3. The molecular formula is C22H22FNO6S2. The van der Waals surface area contributed by atoms with Crippen molar-refractivity contribution in [2.24, 2.45) is 0 Å². The fraction of sp³-hybridized carbons (Fsp3) is 0.227. The smallest absolute Gasteiger partial charge is 0.339 e. The van der Waals surface area contributed by atoms with Crippen molar-refractivity contribution in [3.8, 4) is 11.5 Å². The topological polar surface area (TPSA) is 82.1 Å². The van der Waals surface area contributed by atoms with E-state index in [-0.39, 0.29) is 28.8 Å². The van der Waals surface area contributed by atoms with Crippen LogP contribution in [0.2, 0.25) is 0 Å². The minimum Gasteiger partial charge on any atom is -0.493 e. The molecule has 0 N–H and O–H groups in total. The second-order valence-corrected chi connectivity index (χ2v) is 9.17. The summed E-state index contributed by atoms with van der Waals surface area (Å²) >= 11 is 1.34. The van der Waals surface area contributed by atoms with E-state index in [0.29, 0.717) is 23.6 Å². The van der Waals surface area contributed by atoms with Crippen molar-refractivity contribution in [3.05, 3.63) is 76.2 Å². The van der Waals surface area contributed by atoms with Gasteiger partial charge in [-0.25, -0.2) is 4.39 Å². The van der Waals surface area contributed by atoms with Crippen molar-refractivity contribution in [3.63, 3.8) is 0 Å². The normalized spacial score (nSPS) is 11.2. The van der Waals surface area contributed by atoms with E-state index >= 15 is 0 Å². The number of methoxy groups -OCH3 is 2. The minimum atomic E-state index is -4.22. The van der Waals surface area contributed by atoms with E-state index in [0.717, 1.165) is 24.3 Å². The Balaban J connectivity index is 1.87. The average Bonchev–Trinajstić information content (AvgIpc) is 3.31. The van der Waals surface area contributed by atoms with E-state index < -0.39 is 15.9 Å². The summed E-state index contributed by atoms with van der Waals surface area (Å²) in [5, 5.41) is 1.82. The highest BCUT2D eigenvalue weighted by Crippen LogP contribution is 2.31. The number of halogens is 1. The van der Waals surface area contributed by atoms with Crippen molar-refractivity contribution in [1.82, 2.24) is 4.90 Å². The summed E-state index contributed by atoms with van der Waals surface area (Å²) < 4.78 is 54.1. The van der Waals surface area contributed by atoms with Gasteiger partial charge in [0.15, 0.2) is 11.5 Å². The van der Waals surface area contributed by atoms with Crippen LogP contribution in [0.15, 0.2) is 64.9 Å². The first-order valence-electron chi connectivity index (χ1n) is 9.52. The van der Waals surface area contributed by atoms with Crippen LogP contribution in [0.25, 0.3) is 0 Å². The van der Waals surface area contributed by atoms with Crippen molar-refractivity contribution in [2.75, 3.05) is 27.4 Å². The third kappa shape index (κ3) is 5.84. The Morgan fingerprint density at radius 1 is 1.06 bits per heavy atom. The number of hydrogen-bond donors (Lipinski definition) is 0. The molecule has 0 atom stereocenters. The maximum atomic E-state index is 13.2. The average molecular weight is 480 g/mol. The summed E-state index contributed by atoms with van der Waals surface area (Å²) in [5.74, 6) is -0.554. The molecule has 2 aromatic carbocycles. The van der Waals surface area contributed by atoms with Crippen LogP contribution in [0, 0.1) is 5.82 Å². The standard InChI is InChI=1S/C22H22FNO6S2/c1-28-12-11-24(22(25)21-4-3-13-31-21)15-16-5-10-19(29-2)20(14-16)30-32(26,27)18-8-6-17(23)7-9-18/h3-10,13-14H,11-12,15H2,1-2H3. The zero-order valence-electron chi connectivity index (χ0n) is 17.5. The molecule has 0 aliphatic rings. The Hall–Kier alpha value is -2.95. The van der Waals surface area contributed by atoms with Crippen molar-refractivity contribution < 1.29 is 31.3 Å². The molecule has 32 heavy (non-hydrogen) atoms. The molecule has 3 rings (SSSR count). The van der Waals surface area contributed by atoms with Gasteiger partial charge in [0.2, 0.25) is 0 Å². The third-order valence-corrected chi connectivity index (χ3v) is 6.59. The molecule has 10 heteroatoms. The van der Waals surface area contributed by atoms with Gasteiger partial charge in [0.25, 0.3) is 5.91 Å². The number of thiophene rings is 1. The highest BCUT2D eigenvalue weighted by molar-refractivity contribution is 7.87. The quantitative estimate of drug-likeness (QED) is 0.410. The first kappa shape index (κ1) is 23.7. The molecule has 1 heterocycles. The van der Waals surface area contributed by atoms with Crippen LogP contribution in [-0.2, 0) is 21.4 Å². The molecule has 3 aromatic rings. The van der Waals surface area contributed by atoms with E-state index in [1.807, 2.05) is 5.38 Å². The van der Waals surface area contributed by atoms with Crippen molar-refractivity contribution in [1.29, 1.82) is 0 Å². The molecule has 0 bridgehead atoms. The Labute approximate surface area is 190 Å². The highest BCUT2D eigenvalue weighted by Gasteiger charge is 2.21. The van der Waals surface area contributed by atoms with Crippen LogP contribution in [0.4, 0.5) is 4.39 Å². The fourth-order valence-corrected chi connectivity index (χ4v) is 4.51. The summed E-state index contributed by atoms with van der Waals surface area (Å²) in [4.78, 5) is 14.9. The Morgan fingerprint density at radius 2 is 1.81 bits per heavy atom. The van der Waals surface area contributed by atoms with E-state index in [4.69, 9.17) is 13.7 Å². The van der Waals surface area contributed by atoms with E-state index in [9.17, 15) is 17.6 Å². The van der Waals surface area contributed by atoms with Gasteiger partial charge in [-0.05, 0) is 53.4 Å². The van der Waals surface area contributed by atoms with E-state index in [1.54, 1.807) is 36.3 Å². The van der Waals surface area contributed by atoms with Gasteiger partial charge < -0.3 is 18.6 Å². The Bertz CT molecular complexity index is 1150. The maximum absolute atomic E-state index is 13.2. The predicted octanol–water partition coefficient (Wildman–Crippen LogP) is 3.95. The molecule has 0 spiro atoms. The van der Waals surface area contributed by atoms with Crippen molar-refractivity contribution >= 4 is 27.4 Å². The summed E-state index contributed by atoms with van der Waals surface area (Å²) in [6.45, 7) is 0.899. The van der Waals surface area contributed by atoms with Crippen LogP contribution in [-0.4, -0.2) is 46.6 Å². The molecule has 0 fully saturated rings. The lowest BCUT2D eigenvalue weighted by atomic mass is 10.2. The lowest BCUT2D eigenvalue weighted by Gasteiger charge is -2.22. The number of carbonyl (C=O) groups is 1. The molecule has 0 radical (unpaired) electrons. The second-order valence-electron chi connectivity index (χ2n) is 6.67. The zero-order valence-corrected chi connectivity index (χ0v) is 19.1. The second kappa shape index (κ2) is 10.6. The molecule has 1 aromatic heterocycles. The summed E-state index contributed by atoms with van der Waals surface area (Å²) in [7, 11) is -1.28. The number of nitrogens with zero attached hydrogens (tertiary/aromatic N) is 1. The lowest BCUT2D eigenvalue weighted by molar-refractivity contribution is 0.0685. The number of ether oxygens (including phenoxy) is 2. The molecule has 0 unspecified atom stereocenters. The van der Waals surface area contributed by atoms with Crippen LogP contribution in [0.5, 0.6) is 11.5 Å². The van der Waals surface area contributed by atoms with E-state index in [2.05, 4.69) is 0 Å². The highest BCUT2D eigenvalue weighted by atomic mass is 32.2. The number of benzene rings is 2. The van der Waals surface area contributed by atoms with Crippen LogP contribution >= 0.6 is 11.3 Å². The first-order valence-corrected chi connectivity index (χ1v) is 11.8. The molecule has 7 nitrogen and oxygen atoms in total. The van der Waals surface area contributed by atoms with Gasteiger partial charge >= 0.3 is 10.1 Å². The van der Waals surface area contributed by atoms with Gasteiger partial charge in [-0.3, -0.25) is 4.79 Å². The molecule has 1 amide bonds. The largest absolute Gasteiger partial charge is 0.493 e. The molecule has 0 aliphatic carbocycles. The van der Waals surface area contributed by atoms with Crippen LogP contribution < -0.4 is 8.92 Å². The minimum absolute atomic E-state index is 0.0374. The lowest BCUT2D eigenvalue weighted by Crippen LogP contribution is -2.33. The van der Waals surface area contributed by atoms with E-state index in [1.165, 1.54) is 24.5 Å². The van der Waals surface area contributed by atoms with Gasteiger partial charge in [0.05, 0.1) is 18.6 Å². The van der Waals surface area contributed by atoms with Crippen LogP contribution in [0.3, 0.4) is 0 Å². The molecule has 0 aliphatic heterocycles. The number of carbonyl (C=O) groups excluding carboxylic acids is 1. The fourth-order valence-electron chi connectivity index (χ4n) is 2.88. The molecular weight excluding hydrogens is 457 g/mol. The monoisotopic (exact) mass is 479 g/mol. The number of amides is 1. The van der Waals surface area contributed by atoms with Gasteiger partial charge in [0.1, 0.15) is 10.7 Å². The predicted molar refractivity (Wildman–Crippen MR) is 118 cm³/mol. The van der Waals surface area contributed by atoms with Crippen LogP contribution in [0.1, 0.15) is 15.2 Å². The number of hydrogen-bond acceptors (Lipinski definition) is 7. The van der Waals surface area contributed by atoms with Crippen molar-refractivity contribution in [2.45, 2.75) is 11.4 Å². The molecule has 0 saturated heterocycles. The maximum Gasteiger partial charge on any atom is 0.339 e. The van der Waals surface area contributed by atoms with Gasteiger partial charge in [-0.2, -0.15) is 8.42 Å². The van der Waals surface area contributed by atoms with Gasteiger partial charge in [-0.15, -0.1) is 11.3 Å². The summed E-state index contributed by atoms with van der Waals surface area (Å²) in [6, 6.07) is 12.6. The summed E-state index contributed by atoms with van der Waals surface area (Å²) in [5.41, 5.74) is 0.635. The third-order valence-electron chi connectivity index (χ3n) is 4.49.